The molecule has 4 rings (SSSR count). The largest absolute Gasteiger partial charge is 0.482 e. The number of rotatable bonds is 5. The van der Waals surface area contributed by atoms with Crippen molar-refractivity contribution in [3.8, 4) is 22.6 Å². The van der Waals surface area contributed by atoms with E-state index in [1.165, 1.54) is 0 Å². The molecule has 152 valence electrons. The first-order chi connectivity index (χ1) is 14.5. The SMILES string of the molecule is CC1Oc2ccc(NC(=O)COc3ccc(-c4ccccc4)cc3Cl)cc2NC1=O. The molecule has 0 aromatic heterocycles. The summed E-state index contributed by atoms with van der Waals surface area (Å²) >= 11 is 6.32. The number of carbonyl (C=O) groups is 2. The predicted molar refractivity (Wildman–Crippen MR) is 116 cm³/mol. The van der Waals surface area contributed by atoms with Crippen molar-refractivity contribution in [1.29, 1.82) is 0 Å². The lowest BCUT2D eigenvalue weighted by Crippen LogP contribution is -2.34. The van der Waals surface area contributed by atoms with Gasteiger partial charge in [-0.2, -0.15) is 0 Å². The third-order valence-corrected chi connectivity index (χ3v) is 4.89. The van der Waals surface area contributed by atoms with Gasteiger partial charge in [0.1, 0.15) is 11.5 Å². The zero-order valence-corrected chi connectivity index (χ0v) is 16.9. The maximum Gasteiger partial charge on any atom is 0.265 e. The van der Waals surface area contributed by atoms with Crippen LogP contribution in [0.3, 0.4) is 0 Å². The number of hydrogen-bond acceptors (Lipinski definition) is 4. The van der Waals surface area contributed by atoms with Gasteiger partial charge in [0, 0.05) is 5.69 Å². The van der Waals surface area contributed by atoms with Gasteiger partial charge in [0.2, 0.25) is 0 Å². The molecule has 30 heavy (non-hydrogen) atoms. The molecule has 1 aliphatic heterocycles. The van der Waals surface area contributed by atoms with E-state index in [9.17, 15) is 9.59 Å². The van der Waals surface area contributed by atoms with Gasteiger partial charge in [0.15, 0.2) is 12.7 Å². The van der Waals surface area contributed by atoms with Crippen LogP contribution in [0.1, 0.15) is 6.92 Å². The van der Waals surface area contributed by atoms with Gasteiger partial charge in [-0.05, 0) is 48.4 Å². The number of benzene rings is 3. The maximum atomic E-state index is 12.3. The van der Waals surface area contributed by atoms with Crippen molar-refractivity contribution in [3.05, 3.63) is 71.8 Å². The van der Waals surface area contributed by atoms with Crippen molar-refractivity contribution < 1.29 is 19.1 Å². The van der Waals surface area contributed by atoms with Gasteiger partial charge in [-0.25, -0.2) is 0 Å². The van der Waals surface area contributed by atoms with Crippen LogP contribution in [0.5, 0.6) is 11.5 Å². The molecule has 2 amide bonds. The van der Waals surface area contributed by atoms with Crippen LogP contribution in [-0.4, -0.2) is 24.5 Å². The lowest BCUT2D eigenvalue weighted by Gasteiger charge is -2.23. The van der Waals surface area contributed by atoms with Gasteiger partial charge in [-0.15, -0.1) is 0 Å². The zero-order valence-electron chi connectivity index (χ0n) is 16.1. The summed E-state index contributed by atoms with van der Waals surface area (Å²) in [5, 5.41) is 5.90. The molecule has 0 bridgehead atoms. The van der Waals surface area contributed by atoms with E-state index in [1.807, 2.05) is 36.4 Å². The monoisotopic (exact) mass is 422 g/mol. The Bertz CT molecular complexity index is 1100. The second kappa shape index (κ2) is 8.47. The van der Waals surface area contributed by atoms with Crippen LogP contribution >= 0.6 is 11.6 Å². The Morgan fingerprint density at radius 2 is 1.90 bits per heavy atom. The van der Waals surface area contributed by atoms with Gasteiger partial charge in [0.25, 0.3) is 11.8 Å². The molecule has 6 nitrogen and oxygen atoms in total. The highest BCUT2D eigenvalue weighted by atomic mass is 35.5. The van der Waals surface area contributed by atoms with E-state index < -0.39 is 6.10 Å². The Morgan fingerprint density at radius 3 is 2.67 bits per heavy atom. The Kier molecular flexibility index (Phi) is 5.59. The molecule has 0 radical (unpaired) electrons. The van der Waals surface area contributed by atoms with E-state index in [-0.39, 0.29) is 18.4 Å². The highest BCUT2D eigenvalue weighted by Crippen LogP contribution is 2.32. The summed E-state index contributed by atoms with van der Waals surface area (Å²) < 4.78 is 11.1. The molecule has 1 unspecified atom stereocenters. The van der Waals surface area contributed by atoms with Crippen LogP contribution in [0.25, 0.3) is 11.1 Å². The molecular weight excluding hydrogens is 404 g/mol. The number of amides is 2. The molecule has 2 N–H and O–H groups in total. The average Bonchev–Trinajstić information content (AvgIpc) is 2.74. The second-order valence-electron chi connectivity index (χ2n) is 6.81. The molecule has 0 saturated carbocycles. The molecule has 7 heteroatoms. The van der Waals surface area contributed by atoms with E-state index in [0.717, 1.165) is 11.1 Å². The Hall–Kier alpha value is -3.51. The number of anilines is 2. The van der Waals surface area contributed by atoms with E-state index in [2.05, 4.69) is 10.6 Å². The van der Waals surface area contributed by atoms with Gasteiger partial charge in [-0.1, -0.05) is 48.0 Å². The minimum atomic E-state index is -0.552. The van der Waals surface area contributed by atoms with Crippen molar-refractivity contribution in [1.82, 2.24) is 0 Å². The Morgan fingerprint density at radius 1 is 1.10 bits per heavy atom. The normalized spacial score (nSPS) is 14.9. The first-order valence-electron chi connectivity index (χ1n) is 9.39. The standard InChI is InChI=1S/C23H19ClN2O4/c1-14-23(28)26-19-12-17(8-10-21(19)30-14)25-22(27)13-29-20-9-7-16(11-18(20)24)15-5-3-2-4-6-15/h2-12,14H,13H2,1H3,(H,25,27)(H,26,28). The molecule has 1 aliphatic rings. The number of nitrogens with one attached hydrogen (secondary N) is 2. The van der Waals surface area contributed by atoms with Gasteiger partial charge in [-0.3, -0.25) is 9.59 Å². The summed E-state index contributed by atoms with van der Waals surface area (Å²) in [6, 6.07) is 20.3. The predicted octanol–water partition coefficient (Wildman–Crippen LogP) is 4.74. The fraction of sp³-hybridized carbons (Fsp3) is 0.130. The number of carbonyl (C=O) groups excluding carboxylic acids is 2. The quantitative estimate of drug-likeness (QED) is 0.622. The van der Waals surface area contributed by atoms with E-state index in [0.29, 0.717) is 27.9 Å². The van der Waals surface area contributed by atoms with E-state index in [4.69, 9.17) is 21.1 Å². The lowest BCUT2D eigenvalue weighted by atomic mass is 10.1. The number of fused-ring (bicyclic) bond motifs is 1. The van der Waals surface area contributed by atoms with Crippen molar-refractivity contribution in [2.45, 2.75) is 13.0 Å². The summed E-state index contributed by atoms with van der Waals surface area (Å²) in [4.78, 5) is 24.0. The number of ether oxygens (including phenoxy) is 2. The fourth-order valence-corrected chi connectivity index (χ4v) is 3.29. The molecule has 0 saturated heterocycles. The minimum Gasteiger partial charge on any atom is -0.482 e. The van der Waals surface area contributed by atoms with Crippen molar-refractivity contribution in [2.24, 2.45) is 0 Å². The fourth-order valence-electron chi connectivity index (χ4n) is 3.05. The summed E-state index contributed by atoms with van der Waals surface area (Å²) in [6.07, 6.45) is -0.552. The summed E-state index contributed by atoms with van der Waals surface area (Å²) in [7, 11) is 0. The molecular formula is C23H19ClN2O4. The lowest BCUT2D eigenvalue weighted by molar-refractivity contribution is -0.122. The summed E-state index contributed by atoms with van der Waals surface area (Å²) in [5.74, 6) is 0.394. The van der Waals surface area contributed by atoms with Gasteiger partial charge < -0.3 is 20.1 Å². The average molecular weight is 423 g/mol. The summed E-state index contributed by atoms with van der Waals surface area (Å²) in [6.45, 7) is 1.46. The maximum absolute atomic E-state index is 12.3. The number of hydrogen-bond donors (Lipinski definition) is 2. The van der Waals surface area contributed by atoms with Crippen LogP contribution < -0.4 is 20.1 Å². The molecule has 1 heterocycles. The van der Waals surface area contributed by atoms with Crippen LogP contribution in [0, 0.1) is 0 Å². The van der Waals surface area contributed by atoms with Crippen LogP contribution in [0.4, 0.5) is 11.4 Å². The number of halogens is 1. The zero-order chi connectivity index (χ0) is 21.1. The molecule has 3 aromatic rings. The Balaban J connectivity index is 1.37. The molecule has 0 fully saturated rings. The van der Waals surface area contributed by atoms with E-state index >= 15 is 0 Å². The van der Waals surface area contributed by atoms with Crippen LogP contribution in [0.2, 0.25) is 5.02 Å². The molecule has 0 aliphatic carbocycles. The second-order valence-corrected chi connectivity index (χ2v) is 7.22. The smallest absolute Gasteiger partial charge is 0.265 e. The third-order valence-electron chi connectivity index (χ3n) is 4.59. The highest BCUT2D eigenvalue weighted by Gasteiger charge is 2.23. The minimum absolute atomic E-state index is 0.207. The first kappa shape index (κ1) is 19.8. The molecule has 3 aromatic carbocycles. The topological polar surface area (TPSA) is 76.7 Å². The molecule has 1 atom stereocenters. The van der Waals surface area contributed by atoms with E-state index in [1.54, 1.807) is 37.3 Å². The first-order valence-corrected chi connectivity index (χ1v) is 9.76. The van der Waals surface area contributed by atoms with Crippen molar-refractivity contribution in [3.63, 3.8) is 0 Å². The van der Waals surface area contributed by atoms with Gasteiger partial charge in [0.05, 0.1) is 10.7 Å². The Labute approximate surface area is 178 Å². The van der Waals surface area contributed by atoms with Crippen LogP contribution in [-0.2, 0) is 9.59 Å². The van der Waals surface area contributed by atoms with Gasteiger partial charge >= 0.3 is 0 Å². The van der Waals surface area contributed by atoms with Crippen LogP contribution in [0.15, 0.2) is 66.7 Å². The molecule has 0 spiro atoms. The van der Waals surface area contributed by atoms with Crippen molar-refractivity contribution >= 4 is 34.8 Å². The summed E-state index contributed by atoms with van der Waals surface area (Å²) in [5.41, 5.74) is 3.04. The third kappa shape index (κ3) is 4.39. The highest BCUT2D eigenvalue weighted by molar-refractivity contribution is 6.32. The van der Waals surface area contributed by atoms with Crippen molar-refractivity contribution in [2.75, 3.05) is 17.2 Å².